The zero-order chi connectivity index (χ0) is 23.5. The molecule has 1 aromatic heterocycles. The Kier molecular flexibility index (Phi) is 6.42. The first kappa shape index (κ1) is 22.5. The van der Waals surface area contributed by atoms with Gasteiger partial charge in [0.15, 0.2) is 10.9 Å². The van der Waals surface area contributed by atoms with Crippen LogP contribution in [-0.2, 0) is 4.79 Å². The minimum atomic E-state index is -0.170. The van der Waals surface area contributed by atoms with E-state index in [1.807, 2.05) is 44.2 Å². The van der Waals surface area contributed by atoms with Gasteiger partial charge in [0.05, 0.1) is 22.3 Å². The van der Waals surface area contributed by atoms with E-state index < -0.39 is 0 Å². The van der Waals surface area contributed by atoms with E-state index in [-0.39, 0.29) is 23.0 Å². The zero-order valence-corrected chi connectivity index (χ0v) is 19.4. The molecule has 0 aliphatic carbocycles. The number of carbonyl (C=O) groups is 2. The zero-order valence-electron chi connectivity index (χ0n) is 18.6. The number of carbonyl (C=O) groups excluding carboxylic acids is 2. The van der Waals surface area contributed by atoms with Crippen LogP contribution in [0, 0.1) is 13.8 Å². The number of rotatable bonds is 6. The van der Waals surface area contributed by atoms with Gasteiger partial charge in [0.25, 0.3) is 5.56 Å². The van der Waals surface area contributed by atoms with Crippen molar-refractivity contribution in [3.8, 4) is 5.69 Å². The van der Waals surface area contributed by atoms with Gasteiger partial charge in [-0.15, -0.1) is 0 Å². The predicted molar refractivity (Wildman–Crippen MR) is 133 cm³/mol. The molecule has 1 N–H and O–H groups in total. The van der Waals surface area contributed by atoms with Crippen molar-refractivity contribution in [1.82, 2.24) is 9.55 Å². The fourth-order valence-corrected chi connectivity index (χ4v) is 4.58. The molecule has 33 heavy (non-hydrogen) atoms. The molecule has 0 bridgehead atoms. The number of hydrogen-bond donors (Lipinski definition) is 1. The fraction of sp³-hybridized carbons (Fsp3) is 0.154. The molecular weight excluding hydrogens is 434 g/mol. The van der Waals surface area contributed by atoms with Gasteiger partial charge in [0, 0.05) is 18.2 Å². The van der Waals surface area contributed by atoms with Crippen molar-refractivity contribution in [3.05, 3.63) is 93.8 Å². The molecule has 4 aromatic rings. The third-order valence-corrected chi connectivity index (χ3v) is 6.01. The number of aryl methyl sites for hydroxylation is 2. The minimum absolute atomic E-state index is 0.0937. The normalized spacial score (nSPS) is 10.9. The van der Waals surface area contributed by atoms with Crippen LogP contribution in [-0.4, -0.2) is 27.0 Å². The van der Waals surface area contributed by atoms with Crippen LogP contribution in [0.3, 0.4) is 0 Å². The Morgan fingerprint density at radius 3 is 2.30 bits per heavy atom. The van der Waals surface area contributed by atoms with Crippen LogP contribution in [0.25, 0.3) is 16.6 Å². The van der Waals surface area contributed by atoms with E-state index in [1.54, 1.807) is 41.0 Å². The molecule has 166 valence electrons. The molecule has 0 aliphatic heterocycles. The van der Waals surface area contributed by atoms with E-state index in [1.165, 1.54) is 18.7 Å². The number of para-hydroxylation sites is 1. The standard InChI is InChI=1S/C26H23N3O3S/c1-16-12-17(2)14-21(13-16)29-25(32)22-6-4-5-7-23(22)28-26(29)33-15-24(31)19-8-10-20(11-9-19)27-18(3)30/h4-14H,15H2,1-3H3,(H,27,30). The third kappa shape index (κ3) is 5.04. The van der Waals surface area contributed by atoms with Gasteiger partial charge in [-0.3, -0.25) is 19.0 Å². The molecule has 1 amide bonds. The lowest BCUT2D eigenvalue weighted by Crippen LogP contribution is -2.22. The van der Waals surface area contributed by atoms with Crippen LogP contribution in [0.5, 0.6) is 0 Å². The van der Waals surface area contributed by atoms with Gasteiger partial charge in [-0.1, -0.05) is 30.0 Å². The van der Waals surface area contributed by atoms with Gasteiger partial charge >= 0.3 is 0 Å². The Bertz CT molecular complexity index is 1410. The summed E-state index contributed by atoms with van der Waals surface area (Å²) in [7, 11) is 0. The third-order valence-electron chi connectivity index (χ3n) is 5.07. The smallest absolute Gasteiger partial charge is 0.266 e. The lowest BCUT2D eigenvalue weighted by atomic mass is 10.1. The van der Waals surface area contributed by atoms with Gasteiger partial charge in [-0.2, -0.15) is 0 Å². The predicted octanol–water partition coefficient (Wildman–Crippen LogP) is 4.94. The van der Waals surface area contributed by atoms with Gasteiger partial charge in [0.2, 0.25) is 5.91 Å². The second-order valence-corrected chi connectivity index (χ2v) is 8.81. The highest BCUT2D eigenvalue weighted by Gasteiger charge is 2.16. The lowest BCUT2D eigenvalue weighted by molar-refractivity contribution is -0.114. The number of nitrogens with one attached hydrogen (secondary N) is 1. The fourth-order valence-electron chi connectivity index (χ4n) is 3.67. The maximum Gasteiger partial charge on any atom is 0.266 e. The van der Waals surface area contributed by atoms with Crippen molar-refractivity contribution in [2.75, 3.05) is 11.1 Å². The number of aromatic nitrogens is 2. The number of Topliss-reactive ketones (excluding diaryl/α,β-unsaturated/α-hetero) is 1. The average Bonchev–Trinajstić information content (AvgIpc) is 2.77. The molecule has 0 spiro atoms. The first-order valence-electron chi connectivity index (χ1n) is 10.5. The summed E-state index contributed by atoms with van der Waals surface area (Å²) in [6.45, 7) is 5.40. The van der Waals surface area contributed by atoms with Crippen molar-refractivity contribution < 1.29 is 9.59 Å². The van der Waals surface area contributed by atoms with E-state index in [4.69, 9.17) is 4.98 Å². The summed E-state index contributed by atoms with van der Waals surface area (Å²) in [5, 5.41) is 3.68. The maximum absolute atomic E-state index is 13.4. The SMILES string of the molecule is CC(=O)Nc1ccc(C(=O)CSc2nc3ccccc3c(=O)n2-c2cc(C)cc(C)c2)cc1. The van der Waals surface area contributed by atoms with Gasteiger partial charge in [-0.25, -0.2) is 4.98 Å². The number of benzene rings is 3. The highest BCUT2D eigenvalue weighted by Crippen LogP contribution is 2.24. The number of nitrogens with zero attached hydrogens (tertiary/aromatic N) is 2. The van der Waals surface area contributed by atoms with Gasteiger partial charge in [0.1, 0.15) is 0 Å². The molecule has 4 rings (SSSR count). The van der Waals surface area contributed by atoms with Crippen LogP contribution < -0.4 is 10.9 Å². The molecule has 0 aliphatic rings. The molecule has 0 fully saturated rings. The molecule has 1 heterocycles. The number of amides is 1. The summed E-state index contributed by atoms with van der Waals surface area (Å²) in [5.74, 6) is -0.144. The first-order valence-corrected chi connectivity index (χ1v) is 11.4. The number of ketones is 1. The summed E-state index contributed by atoms with van der Waals surface area (Å²) >= 11 is 1.23. The summed E-state index contributed by atoms with van der Waals surface area (Å²) in [6, 6.07) is 19.9. The van der Waals surface area contributed by atoms with Crippen LogP contribution in [0.15, 0.2) is 76.7 Å². The molecule has 7 heteroatoms. The van der Waals surface area contributed by atoms with Crippen molar-refractivity contribution >= 4 is 40.0 Å². The Hall–Kier alpha value is -3.71. The van der Waals surface area contributed by atoms with Crippen molar-refractivity contribution in [2.45, 2.75) is 25.9 Å². The number of anilines is 1. The van der Waals surface area contributed by atoms with Crippen molar-refractivity contribution in [2.24, 2.45) is 0 Å². The maximum atomic E-state index is 13.4. The van der Waals surface area contributed by atoms with Crippen molar-refractivity contribution in [1.29, 1.82) is 0 Å². The van der Waals surface area contributed by atoms with E-state index >= 15 is 0 Å². The Labute approximate surface area is 195 Å². The largest absolute Gasteiger partial charge is 0.326 e. The summed E-state index contributed by atoms with van der Waals surface area (Å²) in [6.07, 6.45) is 0. The first-order chi connectivity index (χ1) is 15.8. The highest BCUT2D eigenvalue weighted by atomic mass is 32.2. The van der Waals surface area contributed by atoms with E-state index in [0.29, 0.717) is 27.3 Å². The van der Waals surface area contributed by atoms with Crippen LogP contribution in [0.2, 0.25) is 0 Å². The Balaban J connectivity index is 1.69. The van der Waals surface area contributed by atoms with E-state index in [2.05, 4.69) is 5.32 Å². The number of thioether (sulfide) groups is 1. The Morgan fingerprint density at radius 2 is 1.64 bits per heavy atom. The molecule has 0 unspecified atom stereocenters. The summed E-state index contributed by atoms with van der Waals surface area (Å²) in [4.78, 5) is 42.1. The van der Waals surface area contributed by atoms with E-state index in [9.17, 15) is 14.4 Å². The molecular formula is C26H23N3O3S. The highest BCUT2D eigenvalue weighted by molar-refractivity contribution is 7.99. The lowest BCUT2D eigenvalue weighted by Gasteiger charge is -2.14. The molecule has 0 atom stereocenters. The second kappa shape index (κ2) is 9.42. The number of hydrogen-bond acceptors (Lipinski definition) is 5. The molecule has 0 radical (unpaired) electrons. The van der Waals surface area contributed by atoms with Crippen LogP contribution >= 0.6 is 11.8 Å². The summed E-state index contributed by atoms with van der Waals surface area (Å²) < 4.78 is 1.58. The Morgan fingerprint density at radius 1 is 0.970 bits per heavy atom. The van der Waals surface area contributed by atoms with Gasteiger partial charge in [-0.05, 0) is 73.5 Å². The van der Waals surface area contributed by atoms with Crippen LogP contribution in [0.1, 0.15) is 28.4 Å². The van der Waals surface area contributed by atoms with Gasteiger partial charge < -0.3 is 5.32 Å². The van der Waals surface area contributed by atoms with Crippen molar-refractivity contribution in [3.63, 3.8) is 0 Å². The topological polar surface area (TPSA) is 81.1 Å². The average molecular weight is 458 g/mol. The molecule has 6 nitrogen and oxygen atoms in total. The quantitative estimate of drug-likeness (QED) is 0.252. The molecule has 0 saturated carbocycles. The molecule has 3 aromatic carbocycles. The van der Waals surface area contributed by atoms with Crippen LogP contribution in [0.4, 0.5) is 5.69 Å². The molecule has 0 saturated heterocycles. The number of fused-ring (bicyclic) bond motifs is 1. The summed E-state index contributed by atoms with van der Waals surface area (Å²) in [5.41, 5.74) is 4.39. The van der Waals surface area contributed by atoms with E-state index in [0.717, 1.165) is 16.8 Å². The monoisotopic (exact) mass is 457 g/mol. The minimum Gasteiger partial charge on any atom is -0.326 e. The second-order valence-electron chi connectivity index (χ2n) is 7.87.